The number of anilines is 2. The second-order valence-corrected chi connectivity index (χ2v) is 11.0. The van der Waals surface area contributed by atoms with Gasteiger partial charge in [-0.15, -0.1) is 0 Å². The molecule has 5 rings (SSSR count). The van der Waals surface area contributed by atoms with Crippen LogP contribution in [0.2, 0.25) is 0 Å². The molecule has 1 saturated heterocycles. The number of benzodiazepines with no additional fused rings is 1. The number of para-hydroxylation sites is 1. The van der Waals surface area contributed by atoms with Crippen LogP contribution in [0.5, 0.6) is 0 Å². The van der Waals surface area contributed by atoms with Gasteiger partial charge >= 0.3 is 6.03 Å². The Kier molecular flexibility index (Phi) is 6.84. The zero-order valence-corrected chi connectivity index (χ0v) is 21.6. The fraction of sp³-hybridized carbons (Fsp3) is 0.483. The summed E-state index contributed by atoms with van der Waals surface area (Å²) in [5.41, 5.74) is 6.20. The lowest BCUT2D eigenvalue weighted by atomic mass is 9.77. The highest BCUT2D eigenvalue weighted by Gasteiger charge is 2.37. The molecule has 2 atom stereocenters. The van der Waals surface area contributed by atoms with Crippen LogP contribution in [0, 0.1) is 5.41 Å². The van der Waals surface area contributed by atoms with Crippen LogP contribution in [-0.2, 0) is 17.6 Å². The van der Waals surface area contributed by atoms with Gasteiger partial charge < -0.3 is 20.9 Å². The van der Waals surface area contributed by atoms with Crippen molar-refractivity contribution in [3.63, 3.8) is 0 Å². The highest BCUT2D eigenvalue weighted by Crippen LogP contribution is 2.34. The summed E-state index contributed by atoms with van der Waals surface area (Å²) in [5.74, 6) is -0.210. The van der Waals surface area contributed by atoms with Gasteiger partial charge in [-0.05, 0) is 79.8 Å². The first-order chi connectivity index (χ1) is 17.3. The van der Waals surface area contributed by atoms with Crippen LogP contribution in [0.25, 0.3) is 0 Å². The third-order valence-electron chi connectivity index (χ3n) is 7.59. The van der Waals surface area contributed by atoms with E-state index in [-0.39, 0.29) is 17.4 Å². The van der Waals surface area contributed by atoms with Crippen molar-refractivity contribution in [2.45, 2.75) is 71.5 Å². The molecule has 36 heavy (non-hydrogen) atoms. The number of nitrogens with one attached hydrogen (secondary N) is 3. The second kappa shape index (κ2) is 10.1. The summed E-state index contributed by atoms with van der Waals surface area (Å²) in [4.78, 5) is 33.6. The zero-order chi connectivity index (χ0) is 25.3. The molecule has 190 valence electrons. The number of amides is 3. The van der Waals surface area contributed by atoms with Gasteiger partial charge in [-0.3, -0.25) is 9.79 Å². The first kappa shape index (κ1) is 24.5. The van der Waals surface area contributed by atoms with Crippen LogP contribution >= 0.6 is 0 Å². The lowest BCUT2D eigenvalue weighted by Gasteiger charge is -2.37. The number of aliphatic imine (C=N–C) groups is 1. The Hall–Kier alpha value is -3.19. The van der Waals surface area contributed by atoms with E-state index < -0.39 is 12.2 Å². The molecule has 0 spiro atoms. The van der Waals surface area contributed by atoms with E-state index in [4.69, 9.17) is 4.99 Å². The molecule has 0 radical (unpaired) electrons. The molecule has 3 N–H and O–H groups in total. The number of aryl methyl sites for hydroxylation is 2. The van der Waals surface area contributed by atoms with Crippen molar-refractivity contribution in [3.8, 4) is 0 Å². The normalized spacial score (nSPS) is 22.8. The predicted octanol–water partition coefficient (Wildman–Crippen LogP) is 4.65. The molecule has 2 heterocycles. The number of fused-ring (bicyclic) bond motifs is 2. The first-order valence-corrected chi connectivity index (χ1v) is 13.3. The molecule has 2 aromatic rings. The van der Waals surface area contributed by atoms with E-state index in [0.29, 0.717) is 6.54 Å². The number of carbonyl (C=O) groups excluding carboxylic acids is 2. The number of urea groups is 1. The molecule has 7 nitrogen and oxygen atoms in total. The van der Waals surface area contributed by atoms with Crippen molar-refractivity contribution in [1.82, 2.24) is 10.6 Å². The fourth-order valence-electron chi connectivity index (χ4n) is 5.73. The van der Waals surface area contributed by atoms with Crippen LogP contribution in [0.3, 0.4) is 0 Å². The molecule has 2 aromatic carbocycles. The van der Waals surface area contributed by atoms with Crippen molar-refractivity contribution < 1.29 is 9.59 Å². The van der Waals surface area contributed by atoms with Crippen LogP contribution in [0.15, 0.2) is 47.5 Å². The number of nitrogens with zero attached hydrogens (tertiary/aromatic N) is 2. The van der Waals surface area contributed by atoms with Crippen molar-refractivity contribution in [2.75, 3.05) is 23.3 Å². The van der Waals surface area contributed by atoms with Gasteiger partial charge in [-0.2, -0.15) is 0 Å². The van der Waals surface area contributed by atoms with E-state index in [1.54, 1.807) is 4.90 Å². The SMILES string of the molecule is CCCN1C(=O)[C@@H](NC(=O)Nc2ccc3c(c2)CCC3)N=C([C@@H]2CC(C)(C)CCN2)c2ccccc21. The Morgan fingerprint density at radius 3 is 2.78 bits per heavy atom. The fourth-order valence-corrected chi connectivity index (χ4v) is 5.73. The van der Waals surface area contributed by atoms with E-state index in [2.05, 4.69) is 42.8 Å². The molecule has 0 unspecified atom stereocenters. The van der Waals surface area contributed by atoms with Crippen LogP contribution < -0.4 is 20.9 Å². The molecule has 0 saturated carbocycles. The summed E-state index contributed by atoms with van der Waals surface area (Å²) in [7, 11) is 0. The Morgan fingerprint density at radius 1 is 1.17 bits per heavy atom. The monoisotopic (exact) mass is 487 g/mol. The Balaban J connectivity index is 1.46. The standard InChI is InChI=1S/C29H37N5O2/c1-4-16-34-24-11-6-5-10-22(24)25(23-18-29(2,3)14-15-30-23)32-26(27(34)35)33-28(36)31-21-13-12-19-8-7-9-20(19)17-21/h5-6,10-13,17,23,26,30H,4,7-9,14-16,18H2,1-3H3,(H2,31,33,36)/t23-,26+/m0/s1. The van der Waals surface area contributed by atoms with E-state index >= 15 is 0 Å². The average molecular weight is 488 g/mol. The summed E-state index contributed by atoms with van der Waals surface area (Å²) < 4.78 is 0. The minimum absolute atomic E-state index is 0.00773. The van der Waals surface area contributed by atoms with Gasteiger partial charge in [0, 0.05) is 17.8 Å². The van der Waals surface area contributed by atoms with Crippen molar-refractivity contribution >= 4 is 29.0 Å². The summed E-state index contributed by atoms with van der Waals surface area (Å²) >= 11 is 0. The van der Waals surface area contributed by atoms with Crippen molar-refractivity contribution in [2.24, 2.45) is 10.4 Å². The number of piperidine rings is 1. The Bertz CT molecular complexity index is 1190. The molecule has 7 heteroatoms. The summed E-state index contributed by atoms with van der Waals surface area (Å²) in [5, 5.41) is 9.43. The molecule has 3 amide bonds. The summed E-state index contributed by atoms with van der Waals surface area (Å²) in [6.07, 6.45) is 5.09. The number of hydrogen-bond acceptors (Lipinski definition) is 4. The third-order valence-corrected chi connectivity index (χ3v) is 7.59. The molecule has 0 aromatic heterocycles. The average Bonchev–Trinajstić information content (AvgIpc) is 3.28. The number of rotatable bonds is 5. The minimum atomic E-state index is -1.000. The Labute approximate surface area is 213 Å². The van der Waals surface area contributed by atoms with E-state index in [0.717, 1.165) is 67.7 Å². The second-order valence-electron chi connectivity index (χ2n) is 11.0. The van der Waals surface area contributed by atoms with Gasteiger partial charge in [-0.25, -0.2) is 4.79 Å². The third kappa shape index (κ3) is 5.03. The first-order valence-electron chi connectivity index (χ1n) is 13.3. The highest BCUT2D eigenvalue weighted by atomic mass is 16.2. The maximum Gasteiger partial charge on any atom is 0.321 e. The highest BCUT2D eigenvalue weighted by molar-refractivity contribution is 6.15. The van der Waals surface area contributed by atoms with Gasteiger partial charge in [0.1, 0.15) is 0 Å². The van der Waals surface area contributed by atoms with Crippen LogP contribution in [0.4, 0.5) is 16.2 Å². The molecule has 1 fully saturated rings. The van der Waals surface area contributed by atoms with Gasteiger partial charge in [0.25, 0.3) is 5.91 Å². The predicted molar refractivity (Wildman–Crippen MR) is 145 cm³/mol. The van der Waals surface area contributed by atoms with Gasteiger partial charge in [0.05, 0.1) is 17.4 Å². The Morgan fingerprint density at radius 2 is 1.97 bits per heavy atom. The maximum atomic E-state index is 13.8. The zero-order valence-electron chi connectivity index (χ0n) is 21.6. The lowest BCUT2D eigenvalue weighted by molar-refractivity contribution is -0.120. The topological polar surface area (TPSA) is 85.8 Å². The maximum absolute atomic E-state index is 13.8. The molecular formula is C29H37N5O2. The van der Waals surface area contributed by atoms with Crippen molar-refractivity contribution in [1.29, 1.82) is 0 Å². The molecular weight excluding hydrogens is 450 g/mol. The van der Waals surface area contributed by atoms with Crippen molar-refractivity contribution in [3.05, 3.63) is 59.2 Å². The number of benzene rings is 2. The number of carbonyl (C=O) groups is 2. The lowest BCUT2D eigenvalue weighted by Crippen LogP contribution is -2.50. The summed E-state index contributed by atoms with van der Waals surface area (Å²) in [6, 6.07) is 13.6. The van der Waals surface area contributed by atoms with Gasteiger partial charge in [0.2, 0.25) is 6.17 Å². The minimum Gasteiger partial charge on any atom is -0.309 e. The molecule has 0 bridgehead atoms. The smallest absolute Gasteiger partial charge is 0.309 e. The molecule has 3 aliphatic rings. The molecule has 2 aliphatic heterocycles. The van der Waals surface area contributed by atoms with E-state index in [1.807, 2.05) is 36.4 Å². The van der Waals surface area contributed by atoms with E-state index in [9.17, 15) is 9.59 Å². The number of hydrogen-bond donors (Lipinski definition) is 3. The van der Waals surface area contributed by atoms with Crippen LogP contribution in [-0.4, -0.2) is 42.9 Å². The summed E-state index contributed by atoms with van der Waals surface area (Å²) in [6.45, 7) is 8.06. The largest absolute Gasteiger partial charge is 0.321 e. The molecule has 1 aliphatic carbocycles. The van der Waals surface area contributed by atoms with Gasteiger partial charge in [-0.1, -0.05) is 45.0 Å². The van der Waals surface area contributed by atoms with Crippen LogP contribution in [0.1, 0.15) is 63.1 Å². The quantitative estimate of drug-likeness (QED) is 0.574. The van der Waals surface area contributed by atoms with E-state index in [1.165, 1.54) is 11.1 Å². The van der Waals surface area contributed by atoms with Gasteiger partial charge in [0.15, 0.2) is 0 Å².